The second-order valence-corrected chi connectivity index (χ2v) is 4.22. The predicted molar refractivity (Wildman–Crippen MR) is 70.7 cm³/mol. The summed E-state index contributed by atoms with van der Waals surface area (Å²) in [6, 6.07) is 13.7. The van der Waals surface area contributed by atoms with Gasteiger partial charge in [0.2, 0.25) is 5.89 Å². The summed E-state index contributed by atoms with van der Waals surface area (Å²) in [6.07, 6.45) is 0. The van der Waals surface area contributed by atoms with Gasteiger partial charge in [0.05, 0.1) is 7.11 Å². The van der Waals surface area contributed by atoms with E-state index < -0.39 is 0 Å². The van der Waals surface area contributed by atoms with E-state index in [-0.39, 0.29) is 0 Å². The van der Waals surface area contributed by atoms with Crippen LogP contribution in [0.25, 0.3) is 22.6 Å². The minimum atomic E-state index is 0.637. The van der Waals surface area contributed by atoms with Gasteiger partial charge in [-0.25, -0.2) is 4.98 Å². The molecule has 18 heavy (non-hydrogen) atoms. The second-order valence-electron chi connectivity index (χ2n) is 4.22. The van der Waals surface area contributed by atoms with Gasteiger partial charge in [-0.3, -0.25) is 0 Å². The lowest BCUT2D eigenvalue weighted by molar-refractivity contribution is 0.415. The van der Waals surface area contributed by atoms with Crippen molar-refractivity contribution >= 4 is 11.1 Å². The van der Waals surface area contributed by atoms with E-state index in [1.165, 1.54) is 5.56 Å². The van der Waals surface area contributed by atoms with Crippen LogP contribution in [0.3, 0.4) is 0 Å². The molecule has 0 amide bonds. The fraction of sp³-hybridized carbons (Fsp3) is 0.133. The van der Waals surface area contributed by atoms with Gasteiger partial charge in [-0.15, -0.1) is 0 Å². The van der Waals surface area contributed by atoms with Crippen LogP contribution in [0.15, 0.2) is 46.9 Å². The maximum absolute atomic E-state index is 5.73. The summed E-state index contributed by atoms with van der Waals surface area (Å²) in [5.41, 5.74) is 3.83. The Labute approximate surface area is 105 Å². The molecule has 3 rings (SSSR count). The van der Waals surface area contributed by atoms with E-state index in [1.54, 1.807) is 7.11 Å². The number of rotatable bonds is 2. The van der Waals surface area contributed by atoms with Gasteiger partial charge in [0.1, 0.15) is 11.3 Å². The van der Waals surface area contributed by atoms with Crippen molar-refractivity contribution in [3.05, 3.63) is 48.0 Å². The average Bonchev–Trinajstić information content (AvgIpc) is 2.81. The van der Waals surface area contributed by atoms with E-state index in [9.17, 15) is 0 Å². The van der Waals surface area contributed by atoms with Gasteiger partial charge in [0.25, 0.3) is 0 Å². The van der Waals surface area contributed by atoms with E-state index in [2.05, 4.69) is 4.98 Å². The third-order valence-electron chi connectivity index (χ3n) is 2.88. The number of ether oxygens (including phenoxy) is 1. The summed E-state index contributed by atoms with van der Waals surface area (Å²) < 4.78 is 10.9. The Balaban J connectivity index is 2.07. The molecule has 0 fully saturated rings. The van der Waals surface area contributed by atoms with Crippen molar-refractivity contribution < 1.29 is 9.15 Å². The smallest absolute Gasteiger partial charge is 0.227 e. The molecule has 1 heterocycles. The third kappa shape index (κ3) is 1.84. The lowest BCUT2D eigenvalue weighted by atomic mass is 10.2. The maximum Gasteiger partial charge on any atom is 0.227 e. The number of hydrogen-bond donors (Lipinski definition) is 0. The molecule has 0 bridgehead atoms. The van der Waals surface area contributed by atoms with Crippen LogP contribution in [0.4, 0.5) is 0 Å². The molecule has 0 spiro atoms. The molecule has 0 unspecified atom stereocenters. The first kappa shape index (κ1) is 10.8. The molecule has 0 aliphatic heterocycles. The molecule has 0 saturated carbocycles. The summed E-state index contributed by atoms with van der Waals surface area (Å²) >= 11 is 0. The van der Waals surface area contributed by atoms with Crippen LogP contribution in [0.1, 0.15) is 5.56 Å². The molecule has 0 radical (unpaired) electrons. The highest BCUT2D eigenvalue weighted by Gasteiger charge is 2.08. The van der Waals surface area contributed by atoms with Crippen molar-refractivity contribution in [2.45, 2.75) is 6.92 Å². The molecule has 3 nitrogen and oxygen atoms in total. The minimum Gasteiger partial charge on any atom is -0.497 e. The van der Waals surface area contributed by atoms with Crippen LogP contribution < -0.4 is 4.74 Å². The molecule has 2 aromatic carbocycles. The van der Waals surface area contributed by atoms with E-state index in [4.69, 9.17) is 9.15 Å². The van der Waals surface area contributed by atoms with Crippen molar-refractivity contribution in [1.82, 2.24) is 4.98 Å². The number of fused-ring (bicyclic) bond motifs is 1. The average molecular weight is 239 g/mol. The number of oxazole rings is 1. The lowest BCUT2D eigenvalue weighted by Crippen LogP contribution is -1.82. The highest BCUT2D eigenvalue weighted by atomic mass is 16.5. The fourth-order valence-electron chi connectivity index (χ4n) is 1.89. The minimum absolute atomic E-state index is 0.637. The van der Waals surface area contributed by atoms with E-state index in [0.717, 1.165) is 22.4 Å². The molecule has 0 aliphatic rings. The Kier molecular flexibility index (Phi) is 2.52. The topological polar surface area (TPSA) is 35.3 Å². The molecule has 0 saturated heterocycles. The third-order valence-corrected chi connectivity index (χ3v) is 2.88. The van der Waals surface area contributed by atoms with Crippen molar-refractivity contribution in [3.8, 4) is 17.2 Å². The zero-order valence-corrected chi connectivity index (χ0v) is 10.3. The Hall–Kier alpha value is -2.29. The Bertz CT molecular complexity index is 683. The lowest BCUT2D eigenvalue weighted by Gasteiger charge is -1.99. The molecule has 90 valence electrons. The van der Waals surface area contributed by atoms with Crippen molar-refractivity contribution in [2.75, 3.05) is 7.11 Å². The van der Waals surface area contributed by atoms with Gasteiger partial charge in [0.15, 0.2) is 5.58 Å². The standard InChI is InChI=1S/C15H13NO2/c1-10-3-8-14-13(9-10)16-15(18-14)11-4-6-12(17-2)7-5-11/h3-9H,1-2H3. The van der Waals surface area contributed by atoms with Crippen LogP contribution in [-0.2, 0) is 0 Å². The quantitative estimate of drug-likeness (QED) is 0.682. The van der Waals surface area contributed by atoms with Crippen LogP contribution in [0.5, 0.6) is 5.75 Å². The monoisotopic (exact) mass is 239 g/mol. The van der Waals surface area contributed by atoms with Crippen molar-refractivity contribution in [1.29, 1.82) is 0 Å². The molecule has 0 atom stereocenters. The fourth-order valence-corrected chi connectivity index (χ4v) is 1.89. The van der Waals surface area contributed by atoms with Crippen molar-refractivity contribution in [3.63, 3.8) is 0 Å². The number of hydrogen-bond acceptors (Lipinski definition) is 3. The predicted octanol–water partition coefficient (Wildman–Crippen LogP) is 3.81. The molecule has 0 aliphatic carbocycles. The number of nitrogens with zero attached hydrogens (tertiary/aromatic N) is 1. The summed E-state index contributed by atoms with van der Waals surface area (Å²) in [6.45, 7) is 2.04. The largest absolute Gasteiger partial charge is 0.497 e. The molecular formula is C15H13NO2. The van der Waals surface area contributed by atoms with Gasteiger partial charge < -0.3 is 9.15 Å². The second kappa shape index (κ2) is 4.18. The normalized spacial score (nSPS) is 10.8. The molecule has 0 N–H and O–H groups in total. The Morgan fingerprint density at radius 2 is 1.83 bits per heavy atom. The summed E-state index contributed by atoms with van der Waals surface area (Å²) in [4.78, 5) is 4.49. The van der Waals surface area contributed by atoms with Crippen LogP contribution in [0.2, 0.25) is 0 Å². The van der Waals surface area contributed by atoms with Crippen molar-refractivity contribution in [2.24, 2.45) is 0 Å². The van der Waals surface area contributed by atoms with Gasteiger partial charge in [0, 0.05) is 5.56 Å². The first-order valence-electron chi connectivity index (χ1n) is 5.78. The summed E-state index contributed by atoms with van der Waals surface area (Å²) in [5, 5.41) is 0. The highest BCUT2D eigenvalue weighted by Crippen LogP contribution is 2.26. The van der Waals surface area contributed by atoms with Crippen LogP contribution in [-0.4, -0.2) is 12.1 Å². The van der Waals surface area contributed by atoms with E-state index >= 15 is 0 Å². The number of benzene rings is 2. The number of aromatic nitrogens is 1. The van der Waals surface area contributed by atoms with E-state index in [1.807, 2.05) is 49.4 Å². The van der Waals surface area contributed by atoms with Crippen LogP contribution in [0, 0.1) is 6.92 Å². The number of aryl methyl sites for hydroxylation is 1. The van der Waals surface area contributed by atoms with Crippen LogP contribution >= 0.6 is 0 Å². The molecule has 3 heteroatoms. The van der Waals surface area contributed by atoms with Gasteiger partial charge >= 0.3 is 0 Å². The first-order chi connectivity index (χ1) is 8.76. The number of methoxy groups -OCH3 is 1. The van der Waals surface area contributed by atoms with E-state index in [0.29, 0.717) is 5.89 Å². The van der Waals surface area contributed by atoms with Gasteiger partial charge in [-0.05, 0) is 48.9 Å². The zero-order chi connectivity index (χ0) is 12.5. The van der Waals surface area contributed by atoms with Gasteiger partial charge in [-0.2, -0.15) is 0 Å². The summed E-state index contributed by atoms with van der Waals surface area (Å²) in [7, 11) is 1.65. The Morgan fingerprint density at radius 1 is 1.06 bits per heavy atom. The van der Waals surface area contributed by atoms with Gasteiger partial charge in [-0.1, -0.05) is 6.07 Å². The highest BCUT2D eigenvalue weighted by molar-refractivity contribution is 5.76. The molecule has 3 aromatic rings. The summed E-state index contributed by atoms with van der Waals surface area (Å²) in [5.74, 6) is 1.46. The SMILES string of the molecule is COc1ccc(-c2nc3cc(C)ccc3o2)cc1. The Morgan fingerprint density at radius 3 is 2.56 bits per heavy atom. The first-order valence-corrected chi connectivity index (χ1v) is 5.78. The maximum atomic E-state index is 5.73. The zero-order valence-electron chi connectivity index (χ0n) is 10.3. The molecule has 1 aromatic heterocycles. The molecular weight excluding hydrogens is 226 g/mol.